The number of rotatable bonds is 4. The standard InChI is InChI=1S/C18H20FN3O3/c1-3-21-11-13(18(24)25-4-2)17(23)12-9-14(19)16(10-15(12)21)22-7-5-20-6-8-22/h3,9-11,20H,1,4-8H2,2H3. The van der Waals surface area contributed by atoms with Gasteiger partial charge in [0.15, 0.2) is 0 Å². The third-order valence-corrected chi connectivity index (χ3v) is 4.25. The van der Waals surface area contributed by atoms with Crippen LogP contribution in [-0.2, 0) is 4.74 Å². The van der Waals surface area contributed by atoms with Crippen LogP contribution in [0.4, 0.5) is 10.1 Å². The van der Waals surface area contributed by atoms with E-state index >= 15 is 0 Å². The van der Waals surface area contributed by atoms with Crippen LogP contribution in [0.2, 0.25) is 0 Å². The first-order valence-corrected chi connectivity index (χ1v) is 8.20. The summed E-state index contributed by atoms with van der Waals surface area (Å²) in [7, 11) is 0. The van der Waals surface area contributed by atoms with Gasteiger partial charge in [-0.15, -0.1) is 0 Å². The average Bonchev–Trinajstić information content (AvgIpc) is 2.63. The Balaban J connectivity index is 2.20. The minimum atomic E-state index is -0.725. The Morgan fingerprint density at radius 1 is 1.40 bits per heavy atom. The van der Waals surface area contributed by atoms with Crippen LogP contribution in [0, 0.1) is 5.82 Å². The topological polar surface area (TPSA) is 63.6 Å². The molecule has 1 aromatic carbocycles. The Morgan fingerprint density at radius 3 is 2.76 bits per heavy atom. The van der Waals surface area contributed by atoms with Gasteiger partial charge in [-0.3, -0.25) is 4.79 Å². The Bertz CT molecular complexity index is 885. The number of benzene rings is 1. The molecule has 1 aliphatic heterocycles. The van der Waals surface area contributed by atoms with Crippen molar-refractivity contribution in [3.05, 3.63) is 46.5 Å². The normalized spacial score (nSPS) is 14.6. The first-order chi connectivity index (χ1) is 12.1. The molecule has 2 aromatic rings. The van der Waals surface area contributed by atoms with Gasteiger partial charge in [-0.1, -0.05) is 6.58 Å². The number of nitrogens with one attached hydrogen (secondary N) is 1. The van der Waals surface area contributed by atoms with Crippen molar-refractivity contribution in [2.45, 2.75) is 6.92 Å². The molecule has 2 heterocycles. The molecule has 1 saturated heterocycles. The van der Waals surface area contributed by atoms with Crippen LogP contribution in [0.25, 0.3) is 17.1 Å². The van der Waals surface area contributed by atoms with Crippen molar-refractivity contribution < 1.29 is 13.9 Å². The molecule has 0 unspecified atom stereocenters. The van der Waals surface area contributed by atoms with E-state index in [0.29, 0.717) is 24.3 Å². The number of piperazine rings is 1. The maximum Gasteiger partial charge on any atom is 0.343 e. The molecule has 1 aromatic heterocycles. The smallest absolute Gasteiger partial charge is 0.343 e. The number of ether oxygens (including phenoxy) is 1. The molecule has 0 amide bonds. The fourth-order valence-corrected chi connectivity index (χ4v) is 3.01. The van der Waals surface area contributed by atoms with Crippen molar-refractivity contribution in [3.8, 4) is 0 Å². The van der Waals surface area contributed by atoms with Crippen molar-refractivity contribution in [1.82, 2.24) is 9.88 Å². The minimum Gasteiger partial charge on any atom is -0.462 e. The Morgan fingerprint density at radius 2 is 2.12 bits per heavy atom. The van der Waals surface area contributed by atoms with E-state index in [0.717, 1.165) is 13.1 Å². The van der Waals surface area contributed by atoms with E-state index in [1.54, 1.807) is 17.6 Å². The maximum absolute atomic E-state index is 14.6. The van der Waals surface area contributed by atoms with Crippen LogP contribution in [0.1, 0.15) is 17.3 Å². The molecule has 3 rings (SSSR count). The number of esters is 1. The van der Waals surface area contributed by atoms with Crippen LogP contribution < -0.4 is 15.6 Å². The fraction of sp³-hybridized carbons (Fsp3) is 0.333. The zero-order valence-corrected chi connectivity index (χ0v) is 14.0. The molecule has 0 saturated carbocycles. The van der Waals surface area contributed by atoms with Crippen LogP contribution in [-0.4, -0.2) is 43.3 Å². The summed E-state index contributed by atoms with van der Waals surface area (Å²) in [6, 6.07) is 2.83. The molecular weight excluding hydrogens is 325 g/mol. The zero-order valence-electron chi connectivity index (χ0n) is 14.0. The van der Waals surface area contributed by atoms with Crippen molar-refractivity contribution in [3.63, 3.8) is 0 Å². The van der Waals surface area contributed by atoms with E-state index in [4.69, 9.17) is 4.74 Å². The monoisotopic (exact) mass is 345 g/mol. The van der Waals surface area contributed by atoms with E-state index in [2.05, 4.69) is 11.9 Å². The molecule has 7 heteroatoms. The van der Waals surface area contributed by atoms with Crippen molar-refractivity contribution in [2.24, 2.45) is 0 Å². The first kappa shape index (κ1) is 17.2. The lowest BCUT2D eigenvalue weighted by atomic mass is 10.1. The number of halogens is 1. The quantitative estimate of drug-likeness (QED) is 0.857. The van der Waals surface area contributed by atoms with E-state index in [1.165, 1.54) is 18.5 Å². The highest BCUT2D eigenvalue weighted by Gasteiger charge is 2.20. The molecule has 0 spiro atoms. The molecule has 6 nitrogen and oxygen atoms in total. The number of hydrogen-bond acceptors (Lipinski definition) is 5. The second-order valence-corrected chi connectivity index (χ2v) is 5.74. The number of carbonyl (C=O) groups is 1. The number of nitrogens with zero attached hydrogens (tertiary/aromatic N) is 2. The molecule has 132 valence electrons. The largest absolute Gasteiger partial charge is 0.462 e. The fourth-order valence-electron chi connectivity index (χ4n) is 3.01. The molecule has 0 aliphatic carbocycles. The van der Waals surface area contributed by atoms with Crippen molar-refractivity contribution >= 4 is 28.8 Å². The molecule has 1 aliphatic rings. The number of carbonyl (C=O) groups excluding carboxylic acids is 1. The third-order valence-electron chi connectivity index (χ3n) is 4.25. The van der Waals surface area contributed by atoms with Crippen LogP contribution in [0.15, 0.2) is 29.7 Å². The number of fused-ring (bicyclic) bond motifs is 1. The van der Waals surface area contributed by atoms with E-state index in [1.807, 2.05) is 4.90 Å². The lowest BCUT2D eigenvalue weighted by molar-refractivity contribution is 0.0524. The lowest BCUT2D eigenvalue weighted by Gasteiger charge is -2.30. The third kappa shape index (κ3) is 3.15. The second kappa shape index (κ2) is 7.06. The van der Waals surface area contributed by atoms with E-state index in [-0.39, 0.29) is 17.6 Å². The van der Waals surface area contributed by atoms with Crippen LogP contribution >= 0.6 is 0 Å². The summed E-state index contributed by atoms with van der Waals surface area (Å²) < 4.78 is 21.1. The molecule has 0 bridgehead atoms. The van der Waals surface area contributed by atoms with E-state index in [9.17, 15) is 14.0 Å². The molecule has 0 atom stereocenters. The van der Waals surface area contributed by atoms with Crippen molar-refractivity contribution in [1.29, 1.82) is 0 Å². The molecule has 25 heavy (non-hydrogen) atoms. The van der Waals surface area contributed by atoms with Gasteiger partial charge in [0, 0.05) is 44.0 Å². The molecule has 1 N–H and O–H groups in total. The minimum absolute atomic E-state index is 0.127. The lowest BCUT2D eigenvalue weighted by Crippen LogP contribution is -2.43. The number of anilines is 1. The average molecular weight is 345 g/mol. The maximum atomic E-state index is 14.6. The molecule has 1 fully saturated rings. The summed E-state index contributed by atoms with van der Waals surface area (Å²) in [5, 5.41) is 3.34. The Kier molecular flexibility index (Phi) is 4.85. The van der Waals surface area contributed by atoms with Gasteiger partial charge in [0.1, 0.15) is 11.4 Å². The molecule has 0 radical (unpaired) electrons. The number of hydrogen-bond donors (Lipinski definition) is 1. The summed E-state index contributed by atoms with van der Waals surface area (Å²) in [5.74, 6) is -1.21. The Hall–Kier alpha value is -2.67. The Labute approximate surface area is 144 Å². The SMILES string of the molecule is C=Cn1cc(C(=O)OCC)c(=O)c2cc(F)c(N3CCNCC3)cc21. The number of aromatic nitrogens is 1. The van der Waals surface area contributed by atoms with Gasteiger partial charge in [-0.2, -0.15) is 0 Å². The summed E-state index contributed by atoms with van der Waals surface area (Å²) in [5.41, 5.74) is 0.261. The summed E-state index contributed by atoms with van der Waals surface area (Å²) in [4.78, 5) is 26.5. The zero-order chi connectivity index (χ0) is 18.0. The first-order valence-electron chi connectivity index (χ1n) is 8.20. The van der Waals surface area contributed by atoms with Gasteiger partial charge >= 0.3 is 5.97 Å². The second-order valence-electron chi connectivity index (χ2n) is 5.74. The van der Waals surface area contributed by atoms with Gasteiger partial charge in [-0.05, 0) is 19.1 Å². The highest BCUT2D eigenvalue weighted by atomic mass is 19.1. The van der Waals surface area contributed by atoms with Gasteiger partial charge in [0.05, 0.1) is 17.8 Å². The highest BCUT2D eigenvalue weighted by Crippen LogP contribution is 2.25. The van der Waals surface area contributed by atoms with E-state index < -0.39 is 17.2 Å². The highest BCUT2D eigenvalue weighted by molar-refractivity contribution is 5.95. The molecular formula is C18H20FN3O3. The van der Waals surface area contributed by atoms with Gasteiger partial charge in [0.25, 0.3) is 0 Å². The predicted octanol–water partition coefficient (Wildman–Crippen LogP) is 1.83. The van der Waals surface area contributed by atoms with Crippen LogP contribution in [0.3, 0.4) is 0 Å². The van der Waals surface area contributed by atoms with Gasteiger partial charge < -0.3 is 19.5 Å². The van der Waals surface area contributed by atoms with Gasteiger partial charge in [-0.25, -0.2) is 9.18 Å². The summed E-state index contributed by atoms with van der Waals surface area (Å²) >= 11 is 0. The summed E-state index contributed by atoms with van der Waals surface area (Å²) in [6.07, 6.45) is 2.86. The van der Waals surface area contributed by atoms with Crippen LogP contribution in [0.5, 0.6) is 0 Å². The van der Waals surface area contributed by atoms with Crippen molar-refractivity contribution in [2.75, 3.05) is 37.7 Å². The number of pyridine rings is 1. The van der Waals surface area contributed by atoms with Gasteiger partial charge in [0.2, 0.25) is 5.43 Å². The predicted molar refractivity (Wildman–Crippen MR) is 95.6 cm³/mol. The summed E-state index contributed by atoms with van der Waals surface area (Å²) in [6.45, 7) is 8.43.